The van der Waals surface area contributed by atoms with E-state index in [2.05, 4.69) is 0 Å². The maximum atomic E-state index is 13.4. The van der Waals surface area contributed by atoms with E-state index >= 15 is 0 Å². The van der Waals surface area contributed by atoms with E-state index in [-0.39, 0.29) is 11.3 Å². The van der Waals surface area contributed by atoms with Crippen molar-refractivity contribution in [2.75, 3.05) is 21.3 Å². The maximum absolute atomic E-state index is 13.4. The molecule has 4 aromatic carbocycles. The summed E-state index contributed by atoms with van der Waals surface area (Å²) >= 11 is 0. The molecule has 0 radical (unpaired) electrons. The lowest BCUT2D eigenvalue weighted by Gasteiger charge is -2.07. The number of carbonyl (C=O) groups excluding carboxylic acids is 2. The number of methoxy groups -OCH3 is 3. The second-order valence-electron chi connectivity index (χ2n) is 8.75. The number of rotatable bonds is 9. The molecule has 1 aromatic heterocycles. The molecule has 0 spiro atoms. The van der Waals surface area contributed by atoms with Crippen LogP contribution in [0, 0.1) is 0 Å². The number of benzene rings is 4. The molecule has 0 atom stereocenters. The Labute approximate surface area is 231 Å². The number of fused-ring (bicyclic) bond motifs is 1. The van der Waals surface area contributed by atoms with Gasteiger partial charge in [0.05, 0.1) is 21.3 Å². The maximum Gasteiger partial charge on any atom is 0.348 e. The highest BCUT2D eigenvalue weighted by Gasteiger charge is 2.24. The molecule has 7 nitrogen and oxygen atoms in total. The number of hydrogen-bond acceptors (Lipinski definition) is 7. The van der Waals surface area contributed by atoms with Crippen molar-refractivity contribution in [2.45, 2.75) is 0 Å². The van der Waals surface area contributed by atoms with Gasteiger partial charge in [0.15, 0.2) is 5.78 Å². The Morgan fingerprint density at radius 3 is 2.10 bits per heavy atom. The minimum Gasteiger partial charge on any atom is -0.497 e. The molecular weight excluding hydrogens is 508 g/mol. The van der Waals surface area contributed by atoms with Crippen molar-refractivity contribution < 1.29 is 33.0 Å². The van der Waals surface area contributed by atoms with E-state index in [9.17, 15) is 9.59 Å². The largest absolute Gasteiger partial charge is 0.497 e. The highest BCUT2D eigenvalue weighted by Crippen LogP contribution is 2.36. The highest BCUT2D eigenvalue weighted by atomic mass is 16.5. The summed E-state index contributed by atoms with van der Waals surface area (Å²) in [7, 11) is 4.69. The van der Waals surface area contributed by atoms with Crippen LogP contribution in [-0.4, -0.2) is 33.1 Å². The van der Waals surface area contributed by atoms with E-state index in [1.807, 2.05) is 36.4 Å². The molecule has 5 aromatic rings. The monoisotopic (exact) mass is 534 g/mol. The third-order valence-electron chi connectivity index (χ3n) is 6.34. The molecule has 0 unspecified atom stereocenters. The van der Waals surface area contributed by atoms with Crippen LogP contribution in [0.3, 0.4) is 0 Å². The Kier molecular flexibility index (Phi) is 7.64. The normalized spacial score (nSPS) is 11.0. The Morgan fingerprint density at radius 2 is 1.40 bits per heavy atom. The highest BCUT2D eigenvalue weighted by molar-refractivity contribution is 6.10. The SMILES string of the molecule is COc1ccc(/C=C/C(=O)c2ccc(OC(=O)c3c(-c4ccccc4)oc4ccc(OC)cc34)cc2)c(OC)c1. The van der Waals surface area contributed by atoms with Crippen LogP contribution in [0.1, 0.15) is 26.3 Å². The van der Waals surface area contributed by atoms with Crippen molar-refractivity contribution in [3.05, 3.63) is 114 Å². The molecule has 0 aliphatic heterocycles. The summed E-state index contributed by atoms with van der Waals surface area (Å²) in [5.41, 5.74) is 2.74. The van der Waals surface area contributed by atoms with E-state index in [0.717, 1.165) is 11.1 Å². The van der Waals surface area contributed by atoms with Gasteiger partial charge in [-0.05, 0) is 66.7 Å². The van der Waals surface area contributed by atoms with Gasteiger partial charge in [0.1, 0.15) is 39.9 Å². The van der Waals surface area contributed by atoms with Crippen LogP contribution in [0.5, 0.6) is 23.0 Å². The van der Waals surface area contributed by atoms with Crippen LogP contribution in [0.15, 0.2) is 101 Å². The number of ether oxygens (including phenoxy) is 4. The molecule has 0 saturated heterocycles. The fraction of sp³-hybridized carbons (Fsp3) is 0.0909. The smallest absolute Gasteiger partial charge is 0.348 e. The van der Waals surface area contributed by atoms with Gasteiger partial charge in [-0.25, -0.2) is 4.79 Å². The molecule has 0 bridgehead atoms. The van der Waals surface area contributed by atoms with Crippen LogP contribution in [0.25, 0.3) is 28.4 Å². The van der Waals surface area contributed by atoms with Gasteiger partial charge < -0.3 is 23.4 Å². The summed E-state index contributed by atoms with van der Waals surface area (Å²) in [6.07, 6.45) is 3.14. The minimum absolute atomic E-state index is 0.213. The number of carbonyl (C=O) groups is 2. The lowest BCUT2D eigenvalue weighted by molar-refractivity contribution is 0.0737. The van der Waals surface area contributed by atoms with Crippen LogP contribution < -0.4 is 18.9 Å². The zero-order valence-corrected chi connectivity index (χ0v) is 22.2. The van der Waals surface area contributed by atoms with Crippen molar-refractivity contribution in [3.63, 3.8) is 0 Å². The first-order chi connectivity index (χ1) is 19.5. The average molecular weight is 535 g/mol. The Hall–Kier alpha value is -5.30. The molecule has 40 heavy (non-hydrogen) atoms. The Morgan fingerprint density at radius 1 is 0.725 bits per heavy atom. The number of allylic oxidation sites excluding steroid dienone is 1. The van der Waals surface area contributed by atoms with Crippen LogP contribution in [0.4, 0.5) is 0 Å². The molecule has 1 heterocycles. The van der Waals surface area contributed by atoms with E-state index in [4.69, 9.17) is 23.4 Å². The molecule has 0 amide bonds. The van der Waals surface area contributed by atoms with Gasteiger partial charge in [-0.2, -0.15) is 0 Å². The Bertz CT molecular complexity index is 1700. The van der Waals surface area contributed by atoms with Crippen molar-refractivity contribution in [1.29, 1.82) is 0 Å². The van der Waals surface area contributed by atoms with Gasteiger partial charge in [0.2, 0.25) is 0 Å². The number of ketones is 1. The first-order valence-corrected chi connectivity index (χ1v) is 12.4. The van der Waals surface area contributed by atoms with E-state index in [1.165, 1.54) is 6.08 Å². The van der Waals surface area contributed by atoms with Crippen LogP contribution in [0.2, 0.25) is 0 Å². The van der Waals surface area contributed by atoms with Crippen LogP contribution in [-0.2, 0) is 0 Å². The van der Waals surface area contributed by atoms with Gasteiger partial charge >= 0.3 is 5.97 Å². The zero-order valence-electron chi connectivity index (χ0n) is 22.2. The molecule has 5 rings (SSSR count). The molecule has 0 aliphatic rings. The number of esters is 1. The van der Waals surface area contributed by atoms with Crippen molar-refractivity contribution >= 4 is 28.8 Å². The van der Waals surface area contributed by atoms with Crippen LogP contribution >= 0.6 is 0 Å². The molecule has 0 saturated carbocycles. The van der Waals surface area contributed by atoms with Crippen molar-refractivity contribution in [3.8, 4) is 34.3 Å². The predicted molar refractivity (Wildman–Crippen MR) is 153 cm³/mol. The number of furan rings is 1. The molecule has 0 fully saturated rings. The standard InChI is InChI=1S/C33H26O7/c1-36-25-16-18-29-27(19-25)31(32(40-29)23-7-5-4-6-8-23)33(35)39-24-13-9-21(10-14-24)28(34)17-12-22-11-15-26(37-2)20-30(22)38-3/h4-20H,1-3H3/b17-12+. The Balaban J connectivity index is 1.37. The lowest BCUT2D eigenvalue weighted by Crippen LogP contribution is -2.09. The molecule has 200 valence electrons. The topological polar surface area (TPSA) is 84.2 Å². The predicted octanol–water partition coefficient (Wildman–Crippen LogP) is 7.24. The minimum atomic E-state index is -0.587. The summed E-state index contributed by atoms with van der Waals surface area (Å²) < 4.78 is 27.7. The third-order valence-corrected chi connectivity index (χ3v) is 6.34. The van der Waals surface area contributed by atoms with Crippen molar-refractivity contribution in [2.24, 2.45) is 0 Å². The zero-order chi connectivity index (χ0) is 28.1. The summed E-state index contributed by atoms with van der Waals surface area (Å²) in [5.74, 6) is 1.73. The molecule has 0 N–H and O–H groups in total. The van der Waals surface area contributed by atoms with E-state index in [1.54, 1.807) is 82.0 Å². The summed E-state index contributed by atoms with van der Waals surface area (Å²) in [4.78, 5) is 26.2. The van der Waals surface area contributed by atoms with E-state index < -0.39 is 5.97 Å². The van der Waals surface area contributed by atoms with Gasteiger partial charge in [-0.3, -0.25) is 4.79 Å². The summed E-state index contributed by atoms with van der Waals surface area (Å²) in [6.45, 7) is 0. The van der Waals surface area contributed by atoms with Gasteiger partial charge in [-0.15, -0.1) is 0 Å². The quantitative estimate of drug-likeness (QED) is 0.0853. The van der Waals surface area contributed by atoms with Crippen molar-refractivity contribution in [1.82, 2.24) is 0 Å². The third kappa shape index (κ3) is 5.44. The second-order valence-corrected chi connectivity index (χ2v) is 8.75. The molecular formula is C33H26O7. The van der Waals surface area contributed by atoms with E-state index in [0.29, 0.717) is 45.3 Å². The second kappa shape index (κ2) is 11.6. The summed E-state index contributed by atoms with van der Waals surface area (Å²) in [6, 6.07) is 26.3. The lowest BCUT2D eigenvalue weighted by atomic mass is 10.1. The van der Waals surface area contributed by atoms with Gasteiger partial charge in [0, 0.05) is 28.1 Å². The van der Waals surface area contributed by atoms with Gasteiger partial charge in [0.25, 0.3) is 0 Å². The molecule has 7 heteroatoms. The van der Waals surface area contributed by atoms with Gasteiger partial charge in [-0.1, -0.05) is 30.3 Å². The average Bonchev–Trinajstić information content (AvgIpc) is 3.39. The first-order valence-electron chi connectivity index (χ1n) is 12.4. The fourth-order valence-corrected chi connectivity index (χ4v) is 4.26. The number of hydrogen-bond donors (Lipinski definition) is 0. The molecule has 0 aliphatic carbocycles. The summed E-state index contributed by atoms with van der Waals surface area (Å²) in [5, 5.41) is 0.578. The fourth-order valence-electron chi connectivity index (χ4n) is 4.26. The first kappa shape index (κ1) is 26.3.